The molecule has 8 heteroatoms. The second-order valence-electron chi connectivity index (χ2n) is 8.85. The Hall–Kier alpha value is -3.32. The molecule has 168 valence electrons. The van der Waals surface area contributed by atoms with Crippen LogP contribution in [0.4, 0.5) is 22.0 Å². The van der Waals surface area contributed by atoms with Crippen molar-refractivity contribution in [3.8, 4) is 5.69 Å². The van der Waals surface area contributed by atoms with Gasteiger partial charge in [-0.25, -0.2) is 9.48 Å². The fraction of sp³-hybridized carbons (Fsp3) is 0.292. The summed E-state index contributed by atoms with van der Waals surface area (Å²) in [4.78, 5) is 24.5. The maximum Gasteiger partial charge on any atom is 0.324 e. The number of nitrogens with one attached hydrogen (secondary N) is 3. The number of rotatable bonds is 5. The van der Waals surface area contributed by atoms with Crippen LogP contribution in [0.25, 0.3) is 5.69 Å². The third kappa shape index (κ3) is 5.88. The van der Waals surface area contributed by atoms with Crippen LogP contribution in [0.3, 0.4) is 0 Å². The van der Waals surface area contributed by atoms with Gasteiger partial charge in [0, 0.05) is 33.8 Å². The number of carbonyl (C=O) groups excluding carboxylic acids is 2. The first kappa shape index (κ1) is 23.3. The van der Waals surface area contributed by atoms with Crippen LogP contribution in [0, 0.1) is 5.92 Å². The summed E-state index contributed by atoms with van der Waals surface area (Å²) in [6, 6.07) is 15.6. The van der Waals surface area contributed by atoms with E-state index in [-0.39, 0.29) is 17.2 Å². The Morgan fingerprint density at radius 3 is 2.03 bits per heavy atom. The van der Waals surface area contributed by atoms with Gasteiger partial charge < -0.3 is 10.6 Å². The molecule has 1 aromatic heterocycles. The number of benzene rings is 2. The van der Waals surface area contributed by atoms with Gasteiger partial charge in [-0.2, -0.15) is 5.10 Å². The predicted octanol–water partition coefficient (Wildman–Crippen LogP) is 6.06. The molecule has 0 unspecified atom stereocenters. The Morgan fingerprint density at radius 2 is 1.47 bits per heavy atom. The Labute approximate surface area is 193 Å². The van der Waals surface area contributed by atoms with Gasteiger partial charge >= 0.3 is 6.03 Å². The summed E-state index contributed by atoms with van der Waals surface area (Å²) in [5.41, 5.74) is 2.70. The lowest BCUT2D eigenvalue weighted by molar-refractivity contribution is -0.118. The molecule has 3 amide bonds. The average Bonchev–Trinajstić information content (AvgIpc) is 3.14. The lowest BCUT2D eigenvalue weighted by atomic mass is 9.92. The van der Waals surface area contributed by atoms with E-state index in [2.05, 4.69) is 36.7 Å². The highest BCUT2D eigenvalue weighted by Gasteiger charge is 2.21. The van der Waals surface area contributed by atoms with Crippen LogP contribution in [0.2, 0.25) is 5.02 Å². The molecule has 3 N–H and O–H groups in total. The van der Waals surface area contributed by atoms with Crippen molar-refractivity contribution >= 4 is 40.7 Å². The minimum atomic E-state index is -0.394. The molecule has 0 radical (unpaired) electrons. The van der Waals surface area contributed by atoms with E-state index < -0.39 is 6.03 Å². The van der Waals surface area contributed by atoms with Crippen molar-refractivity contribution in [3.05, 3.63) is 65.3 Å². The predicted molar refractivity (Wildman–Crippen MR) is 130 cm³/mol. The first-order valence-corrected chi connectivity index (χ1v) is 10.8. The Morgan fingerprint density at radius 1 is 0.906 bits per heavy atom. The summed E-state index contributed by atoms with van der Waals surface area (Å²) >= 11 is 5.90. The minimum Gasteiger partial charge on any atom is -0.326 e. The number of aromatic nitrogens is 2. The molecule has 0 aliphatic carbocycles. The second-order valence-corrected chi connectivity index (χ2v) is 9.29. The van der Waals surface area contributed by atoms with Gasteiger partial charge in [-0.05, 0) is 48.5 Å². The molecule has 0 aliphatic heterocycles. The van der Waals surface area contributed by atoms with Crippen molar-refractivity contribution in [3.63, 3.8) is 0 Å². The van der Waals surface area contributed by atoms with Gasteiger partial charge in [0.15, 0.2) is 0 Å². The second kappa shape index (κ2) is 9.44. The van der Waals surface area contributed by atoms with E-state index >= 15 is 0 Å². The molecule has 1 heterocycles. The van der Waals surface area contributed by atoms with Crippen LogP contribution >= 0.6 is 11.6 Å². The maximum absolute atomic E-state index is 12.6. The summed E-state index contributed by atoms with van der Waals surface area (Å²) in [5.74, 6) is 0.374. The van der Waals surface area contributed by atoms with Crippen LogP contribution in [-0.4, -0.2) is 21.7 Å². The molecule has 0 saturated carbocycles. The van der Waals surface area contributed by atoms with E-state index in [1.807, 2.05) is 44.2 Å². The highest BCUT2D eigenvalue weighted by Crippen LogP contribution is 2.27. The fourth-order valence-corrected chi connectivity index (χ4v) is 2.94. The number of hydrogen-bond donors (Lipinski definition) is 3. The lowest BCUT2D eigenvalue weighted by Crippen LogP contribution is -2.21. The molecule has 0 atom stereocenters. The van der Waals surface area contributed by atoms with Gasteiger partial charge in [0.05, 0.1) is 11.4 Å². The number of halogens is 1. The standard InChI is InChI=1S/C24H28ClN5O2/c1-15(2)22(31)26-17-10-12-19(13-11-17)30-21(14-20(29-30)24(3,4)5)28-23(32)27-18-8-6-16(25)7-9-18/h6-15H,1-5H3,(H,26,31)(H2,27,28,32). The van der Waals surface area contributed by atoms with Crippen LogP contribution in [0.5, 0.6) is 0 Å². The number of urea groups is 1. The molecule has 0 saturated heterocycles. The van der Waals surface area contributed by atoms with Gasteiger partial charge in [-0.1, -0.05) is 46.2 Å². The van der Waals surface area contributed by atoms with Gasteiger partial charge in [0.2, 0.25) is 5.91 Å². The van der Waals surface area contributed by atoms with Crippen molar-refractivity contribution in [2.24, 2.45) is 5.92 Å². The third-order valence-corrected chi connectivity index (χ3v) is 4.98. The fourth-order valence-electron chi connectivity index (χ4n) is 2.82. The molecule has 0 spiro atoms. The zero-order valence-electron chi connectivity index (χ0n) is 18.9. The normalized spacial score (nSPS) is 11.3. The monoisotopic (exact) mass is 453 g/mol. The molecule has 32 heavy (non-hydrogen) atoms. The summed E-state index contributed by atoms with van der Waals surface area (Å²) in [5, 5.41) is 13.8. The quantitative estimate of drug-likeness (QED) is 0.438. The van der Waals surface area contributed by atoms with E-state index in [0.717, 1.165) is 11.4 Å². The number of nitrogens with zero attached hydrogens (tertiary/aromatic N) is 2. The van der Waals surface area contributed by atoms with E-state index in [1.54, 1.807) is 28.9 Å². The minimum absolute atomic E-state index is 0.0481. The van der Waals surface area contributed by atoms with Crippen molar-refractivity contribution < 1.29 is 9.59 Å². The molecule has 2 aromatic carbocycles. The van der Waals surface area contributed by atoms with Gasteiger partial charge in [-0.3, -0.25) is 10.1 Å². The van der Waals surface area contributed by atoms with Gasteiger partial charge in [0.25, 0.3) is 0 Å². The van der Waals surface area contributed by atoms with Gasteiger partial charge in [-0.15, -0.1) is 0 Å². The number of amides is 3. The Kier molecular flexibility index (Phi) is 6.89. The summed E-state index contributed by atoms with van der Waals surface area (Å²) in [6.45, 7) is 9.86. The summed E-state index contributed by atoms with van der Waals surface area (Å²) < 4.78 is 1.68. The zero-order chi connectivity index (χ0) is 23.5. The summed E-state index contributed by atoms with van der Waals surface area (Å²) in [7, 11) is 0. The van der Waals surface area contributed by atoms with Crippen molar-refractivity contribution in [1.29, 1.82) is 0 Å². The third-order valence-electron chi connectivity index (χ3n) is 4.73. The largest absolute Gasteiger partial charge is 0.326 e. The smallest absolute Gasteiger partial charge is 0.324 e. The van der Waals surface area contributed by atoms with Crippen LogP contribution < -0.4 is 16.0 Å². The number of carbonyl (C=O) groups is 2. The molecule has 7 nitrogen and oxygen atoms in total. The van der Waals surface area contributed by atoms with Crippen LogP contribution in [0.15, 0.2) is 54.6 Å². The highest BCUT2D eigenvalue weighted by molar-refractivity contribution is 6.30. The number of hydrogen-bond acceptors (Lipinski definition) is 3. The summed E-state index contributed by atoms with van der Waals surface area (Å²) in [6.07, 6.45) is 0. The molecule has 3 aromatic rings. The zero-order valence-corrected chi connectivity index (χ0v) is 19.6. The van der Waals surface area contributed by atoms with Crippen molar-refractivity contribution in [2.45, 2.75) is 40.0 Å². The average molecular weight is 454 g/mol. The highest BCUT2D eigenvalue weighted by atomic mass is 35.5. The molecule has 0 fully saturated rings. The van der Waals surface area contributed by atoms with E-state index in [1.165, 1.54) is 0 Å². The molecule has 0 aliphatic rings. The lowest BCUT2D eigenvalue weighted by Gasteiger charge is -2.14. The Bertz CT molecular complexity index is 1100. The van der Waals surface area contributed by atoms with E-state index in [9.17, 15) is 9.59 Å². The Balaban J connectivity index is 1.85. The number of anilines is 3. The van der Waals surface area contributed by atoms with Crippen molar-refractivity contribution in [2.75, 3.05) is 16.0 Å². The SMILES string of the molecule is CC(C)C(=O)Nc1ccc(-n2nc(C(C)(C)C)cc2NC(=O)Nc2ccc(Cl)cc2)cc1. The molecular formula is C24H28ClN5O2. The van der Waals surface area contributed by atoms with Crippen LogP contribution in [-0.2, 0) is 10.2 Å². The first-order chi connectivity index (χ1) is 15.0. The maximum atomic E-state index is 12.6. The van der Waals surface area contributed by atoms with Gasteiger partial charge in [0.1, 0.15) is 5.82 Å². The molecule has 3 rings (SSSR count). The first-order valence-electron chi connectivity index (χ1n) is 10.4. The van der Waals surface area contributed by atoms with E-state index in [4.69, 9.17) is 16.7 Å². The van der Waals surface area contributed by atoms with Crippen molar-refractivity contribution in [1.82, 2.24) is 9.78 Å². The molecular weight excluding hydrogens is 426 g/mol. The van der Waals surface area contributed by atoms with E-state index in [0.29, 0.717) is 22.2 Å². The topological polar surface area (TPSA) is 88.1 Å². The van der Waals surface area contributed by atoms with Crippen LogP contribution in [0.1, 0.15) is 40.3 Å². The molecule has 0 bridgehead atoms.